The van der Waals surface area contributed by atoms with Crippen LogP contribution in [0.3, 0.4) is 0 Å². The largest absolute Gasteiger partial charge is 0.372 e. The highest BCUT2D eigenvalue weighted by atomic mass is 16.5. The monoisotopic (exact) mass is 365 g/mol. The number of pyridine rings is 1. The zero-order chi connectivity index (χ0) is 19.0. The molecule has 27 heavy (non-hydrogen) atoms. The fourth-order valence-corrected chi connectivity index (χ4v) is 4.18. The number of morpholine rings is 1. The fraction of sp³-hybridized carbons (Fsp3) is 0.455. The number of hydrogen-bond acceptors (Lipinski definition) is 4. The molecule has 0 unspecified atom stereocenters. The molecule has 1 saturated heterocycles. The van der Waals surface area contributed by atoms with E-state index < -0.39 is 0 Å². The molecule has 0 bridgehead atoms. The zero-order valence-electron chi connectivity index (χ0n) is 16.3. The Morgan fingerprint density at radius 1 is 1.07 bits per heavy atom. The summed E-state index contributed by atoms with van der Waals surface area (Å²) < 4.78 is 5.79. The summed E-state index contributed by atoms with van der Waals surface area (Å²) in [7, 11) is 0. The number of fused-ring (bicyclic) bond motifs is 1. The van der Waals surface area contributed by atoms with Gasteiger partial charge in [0.05, 0.1) is 17.8 Å². The van der Waals surface area contributed by atoms with Crippen molar-refractivity contribution in [1.82, 2.24) is 4.98 Å². The predicted octanol–water partition coefficient (Wildman–Crippen LogP) is 3.85. The molecule has 0 aliphatic carbocycles. The summed E-state index contributed by atoms with van der Waals surface area (Å²) in [6.45, 7) is 8.77. The normalized spacial score (nSPS) is 25.2. The SMILES string of the molecule is C[C@@H]1CN(c2ccc(C(=O)N3CC[C@H](C)c4ccccc43)cn2)C[C@@H](C)O1. The van der Waals surface area contributed by atoms with Gasteiger partial charge in [-0.15, -0.1) is 0 Å². The van der Waals surface area contributed by atoms with E-state index in [0.717, 1.165) is 37.6 Å². The molecule has 3 heterocycles. The molecule has 2 aliphatic heterocycles. The van der Waals surface area contributed by atoms with Crippen LogP contribution in [-0.4, -0.2) is 42.7 Å². The Labute approximate surface area is 161 Å². The van der Waals surface area contributed by atoms with Crippen molar-refractivity contribution < 1.29 is 9.53 Å². The summed E-state index contributed by atoms with van der Waals surface area (Å²) >= 11 is 0. The van der Waals surface area contributed by atoms with Gasteiger partial charge in [-0.2, -0.15) is 0 Å². The minimum Gasteiger partial charge on any atom is -0.372 e. The van der Waals surface area contributed by atoms with E-state index in [-0.39, 0.29) is 18.1 Å². The van der Waals surface area contributed by atoms with Crippen molar-refractivity contribution in [2.75, 3.05) is 29.4 Å². The number of amides is 1. The molecule has 0 N–H and O–H groups in total. The summed E-state index contributed by atoms with van der Waals surface area (Å²) in [5.41, 5.74) is 2.91. The van der Waals surface area contributed by atoms with Gasteiger partial charge in [0.1, 0.15) is 5.82 Å². The average Bonchev–Trinajstić information content (AvgIpc) is 2.67. The van der Waals surface area contributed by atoms with Crippen LogP contribution in [0.15, 0.2) is 42.6 Å². The Balaban J connectivity index is 1.54. The van der Waals surface area contributed by atoms with Gasteiger partial charge in [-0.1, -0.05) is 25.1 Å². The third-order valence-corrected chi connectivity index (χ3v) is 5.53. The lowest BCUT2D eigenvalue weighted by Gasteiger charge is -2.36. The topological polar surface area (TPSA) is 45.7 Å². The van der Waals surface area contributed by atoms with E-state index in [4.69, 9.17) is 4.74 Å². The van der Waals surface area contributed by atoms with Crippen molar-refractivity contribution in [1.29, 1.82) is 0 Å². The molecule has 5 heteroatoms. The first-order valence-electron chi connectivity index (χ1n) is 9.80. The van der Waals surface area contributed by atoms with Gasteiger partial charge in [0.25, 0.3) is 5.91 Å². The van der Waals surface area contributed by atoms with E-state index in [1.54, 1.807) is 6.20 Å². The molecule has 5 nitrogen and oxygen atoms in total. The number of ether oxygens (including phenoxy) is 1. The number of nitrogens with zero attached hydrogens (tertiary/aromatic N) is 3. The molecule has 4 rings (SSSR count). The number of benzene rings is 1. The lowest BCUT2D eigenvalue weighted by molar-refractivity contribution is -0.00546. The van der Waals surface area contributed by atoms with Crippen LogP contribution in [0.4, 0.5) is 11.5 Å². The van der Waals surface area contributed by atoms with Crippen molar-refractivity contribution in [3.05, 3.63) is 53.7 Å². The molecule has 1 amide bonds. The third-order valence-electron chi connectivity index (χ3n) is 5.53. The number of rotatable bonds is 2. The molecule has 1 aromatic carbocycles. The molecule has 142 valence electrons. The number of hydrogen-bond donors (Lipinski definition) is 0. The van der Waals surface area contributed by atoms with Crippen LogP contribution >= 0.6 is 0 Å². The van der Waals surface area contributed by atoms with E-state index in [1.807, 2.05) is 35.2 Å². The molecule has 0 saturated carbocycles. The van der Waals surface area contributed by atoms with Gasteiger partial charge < -0.3 is 14.5 Å². The standard InChI is InChI=1S/C22H27N3O2/c1-15-10-11-25(20-7-5-4-6-19(15)20)22(26)18-8-9-21(23-12-18)24-13-16(2)27-17(3)14-24/h4-9,12,15-17H,10-11,13-14H2,1-3H3/t15-,16+,17+/m0/s1. The van der Waals surface area contributed by atoms with E-state index in [9.17, 15) is 4.79 Å². The van der Waals surface area contributed by atoms with Crippen LogP contribution in [0, 0.1) is 0 Å². The summed E-state index contributed by atoms with van der Waals surface area (Å²) in [6, 6.07) is 12.1. The molecule has 2 aromatic rings. The molecule has 1 fully saturated rings. The van der Waals surface area contributed by atoms with E-state index in [2.05, 4.69) is 36.7 Å². The summed E-state index contributed by atoms with van der Waals surface area (Å²) in [4.78, 5) is 21.8. The first-order chi connectivity index (χ1) is 13.0. The van der Waals surface area contributed by atoms with Gasteiger partial charge in [-0.25, -0.2) is 4.98 Å². The second-order valence-corrected chi connectivity index (χ2v) is 7.77. The molecule has 2 aliphatic rings. The highest BCUT2D eigenvalue weighted by molar-refractivity contribution is 6.06. The third kappa shape index (κ3) is 3.56. The summed E-state index contributed by atoms with van der Waals surface area (Å²) in [5.74, 6) is 1.41. The number of para-hydroxylation sites is 1. The van der Waals surface area contributed by atoms with Crippen LogP contribution in [0.5, 0.6) is 0 Å². The van der Waals surface area contributed by atoms with Crippen LogP contribution in [0.1, 0.15) is 49.0 Å². The van der Waals surface area contributed by atoms with E-state index >= 15 is 0 Å². The molecular weight excluding hydrogens is 338 g/mol. The Morgan fingerprint density at radius 3 is 2.52 bits per heavy atom. The highest BCUT2D eigenvalue weighted by Gasteiger charge is 2.28. The van der Waals surface area contributed by atoms with Gasteiger partial charge in [0, 0.05) is 31.5 Å². The van der Waals surface area contributed by atoms with Crippen LogP contribution in [-0.2, 0) is 4.74 Å². The smallest absolute Gasteiger partial charge is 0.259 e. The first kappa shape index (κ1) is 18.0. The Bertz CT molecular complexity index is 811. The number of carbonyl (C=O) groups excluding carboxylic acids is 1. The average molecular weight is 365 g/mol. The lowest BCUT2D eigenvalue weighted by Crippen LogP contribution is -2.45. The van der Waals surface area contributed by atoms with E-state index in [0.29, 0.717) is 11.5 Å². The maximum Gasteiger partial charge on any atom is 0.259 e. The van der Waals surface area contributed by atoms with Crippen LogP contribution < -0.4 is 9.80 Å². The predicted molar refractivity (Wildman–Crippen MR) is 108 cm³/mol. The second-order valence-electron chi connectivity index (χ2n) is 7.77. The number of carbonyl (C=O) groups is 1. The second kappa shape index (κ2) is 7.31. The minimum absolute atomic E-state index is 0.0251. The van der Waals surface area contributed by atoms with Crippen molar-refractivity contribution in [2.45, 2.75) is 45.3 Å². The van der Waals surface area contributed by atoms with Gasteiger partial charge in [-0.05, 0) is 49.9 Å². The van der Waals surface area contributed by atoms with Crippen molar-refractivity contribution in [2.24, 2.45) is 0 Å². The van der Waals surface area contributed by atoms with Gasteiger partial charge >= 0.3 is 0 Å². The Hall–Kier alpha value is -2.40. The summed E-state index contributed by atoms with van der Waals surface area (Å²) in [6.07, 6.45) is 3.06. The lowest BCUT2D eigenvalue weighted by atomic mass is 9.91. The molecule has 0 radical (unpaired) electrons. The summed E-state index contributed by atoms with van der Waals surface area (Å²) in [5, 5.41) is 0. The zero-order valence-corrected chi connectivity index (χ0v) is 16.3. The quantitative estimate of drug-likeness (QED) is 0.811. The van der Waals surface area contributed by atoms with Crippen LogP contribution in [0.25, 0.3) is 0 Å². The maximum atomic E-state index is 13.1. The number of anilines is 2. The molecule has 1 aromatic heterocycles. The first-order valence-corrected chi connectivity index (χ1v) is 9.80. The minimum atomic E-state index is 0.0251. The Morgan fingerprint density at radius 2 is 1.81 bits per heavy atom. The molecule has 0 spiro atoms. The van der Waals surface area contributed by atoms with Gasteiger partial charge in [0.15, 0.2) is 0 Å². The highest BCUT2D eigenvalue weighted by Crippen LogP contribution is 2.35. The van der Waals surface area contributed by atoms with Crippen molar-refractivity contribution in [3.63, 3.8) is 0 Å². The molecule has 3 atom stereocenters. The van der Waals surface area contributed by atoms with Gasteiger partial charge in [0.2, 0.25) is 0 Å². The Kier molecular flexibility index (Phi) is 4.87. The van der Waals surface area contributed by atoms with E-state index in [1.165, 1.54) is 5.56 Å². The molecular formula is C22H27N3O2. The van der Waals surface area contributed by atoms with Crippen molar-refractivity contribution >= 4 is 17.4 Å². The number of aromatic nitrogens is 1. The van der Waals surface area contributed by atoms with Gasteiger partial charge in [-0.3, -0.25) is 4.79 Å². The maximum absolute atomic E-state index is 13.1. The van der Waals surface area contributed by atoms with Crippen molar-refractivity contribution in [3.8, 4) is 0 Å². The fourth-order valence-electron chi connectivity index (χ4n) is 4.18. The van der Waals surface area contributed by atoms with Crippen LogP contribution in [0.2, 0.25) is 0 Å².